The molecule has 1 aliphatic rings. The predicted molar refractivity (Wildman–Crippen MR) is 62.8 cm³/mol. The van der Waals surface area contributed by atoms with Gasteiger partial charge in [-0.05, 0) is 18.8 Å². The zero-order chi connectivity index (χ0) is 13.9. The molecule has 3 atom stereocenters. The van der Waals surface area contributed by atoms with Crippen molar-refractivity contribution in [2.75, 3.05) is 0 Å². The van der Waals surface area contributed by atoms with Gasteiger partial charge in [0.05, 0.1) is 12.0 Å². The Bertz CT molecular complexity index is 292. The van der Waals surface area contributed by atoms with Gasteiger partial charge in [-0.15, -0.1) is 0 Å². The number of primary amides is 1. The van der Waals surface area contributed by atoms with Crippen LogP contribution in [0.3, 0.4) is 0 Å². The molecule has 0 aliphatic heterocycles. The van der Waals surface area contributed by atoms with Crippen molar-refractivity contribution >= 4 is 5.91 Å². The second kappa shape index (κ2) is 5.91. The van der Waals surface area contributed by atoms with E-state index in [4.69, 9.17) is 5.73 Å². The zero-order valence-corrected chi connectivity index (χ0v) is 10.8. The largest absolute Gasteiger partial charge is 0.393 e. The first-order valence-corrected chi connectivity index (χ1v) is 6.35. The number of nitrogens with two attached hydrogens (primary N) is 1. The van der Waals surface area contributed by atoms with E-state index in [0.29, 0.717) is 12.8 Å². The fourth-order valence-electron chi connectivity index (χ4n) is 2.56. The van der Waals surface area contributed by atoms with Crippen LogP contribution in [0.15, 0.2) is 0 Å². The first-order valence-electron chi connectivity index (χ1n) is 6.35. The molecule has 1 fully saturated rings. The van der Waals surface area contributed by atoms with Gasteiger partial charge in [0.1, 0.15) is 0 Å². The monoisotopic (exact) mass is 266 g/mol. The number of carbonyl (C=O) groups excluding carboxylic acids is 1. The Morgan fingerprint density at radius 2 is 1.83 bits per heavy atom. The van der Waals surface area contributed by atoms with E-state index in [2.05, 4.69) is 5.32 Å². The van der Waals surface area contributed by atoms with Crippen LogP contribution in [0, 0.1) is 11.8 Å². The maximum Gasteiger partial charge on any atom is 0.393 e. The van der Waals surface area contributed by atoms with Gasteiger partial charge in [0.2, 0.25) is 5.91 Å². The normalized spacial score (nSPS) is 27.2. The van der Waals surface area contributed by atoms with Gasteiger partial charge >= 0.3 is 6.18 Å². The SMILES string of the molecule is CC(C)C(NC1CCCCC1C(F)(F)F)C(N)=O. The summed E-state index contributed by atoms with van der Waals surface area (Å²) in [4.78, 5) is 11.2. The minimum absolute atomic E-state index is 0.113. The van der Waals surface area contributed by atoms with Gasteiger partial charge in [-0.25, -0.2) is 0 Å². The van der Waals surface area contributed by atoms with E-state index < -0.39 is 30.1 Å². The number of hydrogen-bond acceptors (Lipinski definition) is 2. The van der Waals surface area contributed by atoms with Gasteiger partial charge in [-0.3, -0.25) is 4.79 Å². The van der Waals surface area contributed by atoms with Crippen LogP contribution in [0.4, 0.5) is 13.2 Å². The van der Waals surface area contributed by atoms with E-state index in [1.54, 1.807) is 13.8 Å². The van der Waals surface area contributed by atoms with E-state index in [9.17, 15) is 18.0 Å². The molecule has 3 unspecified atom stereocenters. The number of amides is 1. The third-order valence-electron chi connectivity index (χ3n) is 3.55. The first-order chi connectivity index (χ1) is 8.23. The van der Waals surface area contributed by atoms with Crippen LogP contribution in [0.5, 0.6) is 0 Å². The Kier molecular flexibility index (Phi) is 5.01. The lowest BCUT2D eigenvalue weighted by Gasteiger charge is -2.36. The van der Waals surface area contributed by atoms with Crippen LogP contribution < -0.4 is 11.1 Å². The average molecular weight is 266 g/mol. The molecule has 1 aliphatic carbocycles. The van der Waals surface area contributed by atoms with Crippen LogP contribution in [-0.4, -0.2) is 24.2 Å². The first kappa shape index (κ1) is 15.3. The van der Waals surface area contributed by atoms with E-state index >= 15 is 0 Å². The third-order valence-corrected chi connectivity index (χ3v) is 3.55. The third kappa shape index (κ3) is 3.86. The topological polar surface area (TPSA) is 55.1 Å². The molecule has 0 spiro atoms. The number of alkyl halides is 3. The molecule has 1 amide bonds. The molecule has 18 heavy (non-hydrogen) atoms. The minimum atomic E-state index is -4.21. The summed E-state index contributed by atoms with van der Waals surface area (Å²) in [5.41, 5.74) is 5.23. The fraction of sp³-hybridized carbons (Fsp3) is 0.917. The highest BCUT2D eigenvalue weighted by molar-refractivity contribution is 5.80. The van der Waals surface area contributed by atoms with Gasteiger partial charge in [-0.1, -0.05) is 26.7 Å². The second-order valence-electron chi connectivity index (χ2n) is 5.33. The molecule has 106 valence electrons. The number of hydrogen-bond donors (Lipinski definition) is 2. The predicted octanol–water partition coefficient (Wildman–Crippen LogP) is 2.21. The van der Waals surface area contributed by atoms with Crippen LogP contribution in [-0.2, 0) is 4.79 Å². The van der Waals surface area contributed by atoms with Crippen LogP contribution in [0.2, 0.25) is 0 Å². The summed E-state index contributed by atoms with van der Waals surface area (Å²) in [6, 6.07) is -1.39. The minimum Gasteiger partial charge on any atom is -0.368 e. The molecule has 0 saturated heterocycles. The molecule has 0 heterocycles. The molecule has 1 rings (SSSR count). The molecule has 6 heteroatoms. The zero-order valence-electron chi connectivity index (χ0n) is 10.8. The summed E-state index contributed by atoms with van der Waals surface area (Å²) in [5, 5.41) is 2.82. The van der Waals surface area contributed by atoms with E-state index in [1.165, 1.54) is 0 Å². The molecular formula is C12H21F3N2O. The maximum atomic E-state index is 12.9. The van der Waals surface area contributed by atoms with E-state index in [0.717, 1.165) is 6.42 Å². The van der Waals surface area contributed by atoms with Crippen molar-refractivity contribution in [3.05, 3.63) is 0 Å². The number of rotatable bonds is 4. The number of nitrogens with one attached hydrogen (secondary N) is 1. The van der Waals surface area contributed by atoms with E-state index in [1.807, 2.05) is 0 Å². The van der Waals surface area contributed by atoms with Gasteiger partial charge < -0.3 is 11.1 Å². The summed E-state index contributed by atoms with van der Waals surface area (Å²) in [5.74, 6) is -2.07. The lowest BCUT2D eigenvalue weighted by atomic mass is 9.83. The Morgan fingerprint density at radius 1 is 1.28 bits per heavy atom. The van der Waals surface area contributed by atoms with Crippen LogP contribution >= 0.6 is 0 Å². The smallest absolute Gasteiger partial charge is 0.368 e. The molecule has 0 aromatic rings. The summed E-state index contributed by atoms with van der Waals surface area (Å²) in [6.07, 6.45) is -2.29. The highest BCUT2D eigenvalue weighted by Crippen LogP contribution is 2.38. The highest BCUT2D eigenvalue weighted by atomic mass is 19.4. The summed E-state index contributed by atoms with van der Waals surface area (Å²) in [6.45, 7) is 3.54. The summed E-state index contributed by atoms with van der Waals surface area (Å²) >= 11 is 0. The van der Waals surface area contributed by atoms with Crippen molar-refractivity contribution in [2.24, 2.45) is 17.6 Å². The molecule has 0 aromatic carbocycles. The van der Waals surface area contributed by atoms with Crippen molar-refractivity contribution in [2.45, 2.75) is 57.8 Å². The summed E-state index contributed by atoms with van der Waals surface area (Å²) in [7, 11) is 0. The van der Waals surface area contributed by atoms with E-state index in [-0.39, 0.29) is 12.3 Å². The Morgan fingerprint density at radius 3 is 2.28 bits per heavy atom. The Balaban J connectivity index is 2.75. The average Bonchev–Trinajstić information content (AvgIpc) is 2.24. The maximum absolute atomic E-state index is 12.9. The standard InChI is InChI=1S/C12H21F3N2O/c1-7(2)10(11(16)18)17-9-6-4-3-5-8(9)12(13,14)15/h7-10,17H,3-6H2,1-2H3,(H2,16,18). The van der Waals surface area contributed by atoms with Crippen LogP contribution in [0.1, 0.15) is 39.5 Å². The Hall–Kier alpha value is -0.780. The highest BCUT2D eigenvalue weighted by Gasteiger charge is 2.46. The van der Waals surface area contributed by atoms with Crippen molar-refractivity contribution < 1.29 is 18.0 Å². The molecule has 3 N–H and O–H groups in total. The summed E-state index contributed by atoms with van der Waals surface area (Å²) < 4.78 is 38.7. The van der Waals surface area contributed by atoms with Gasteiger partial charge in [0.15, 0.2) is 0 Å². The molecule has 0 bridgehead atoms. The van der Waals surface area contributed by atoms with Crippen molar-refractivity contribution in [3.63, 3.8) is 0 Å². The molecule has 3 nitrogen and oxygen atoms in total. The molecule has 1 saturated carbocycles. The lowest BCUT2D eigenvalue weighted by Crippen LogP contribution is -2.54. The number of carbonyl (C=O) groups is 1. The van der Waals surface area contributed by atoms with Gasteiger partial charge in [0.25, 0.3) is 0 Å². The molecule has 0 radical (unpaired) electrons. The van der Waals surface area contributed by atoms with Gasteiger partial charge in [-0.2, -0.15) is 13.2 Å². The molecular weight excluding hydrogens is 245 g/mol. The number of halogens is 3. The molecule has 0 aromatic heterocycles. The lowest BCUT2D eigenvalue weighted by molar-refractivity contribution is -0.190. The van der Waals surface area contributed by atoms with Gasteiger partial charge in [0, 0.05) is 6.04 Å². The second-order valence-corrected chi connectivity index (χ2v) is 5.33. The quantitative estimate of drug-likeness (QED) is 0.819. The fourth-order valence-corrected chi connectivity index (χ4v) is 2.56. The van der Waals surface area contributed by atoms with Crippen LogP contribution in [0.25, 0.3) is 0 Å². The van der Waals surface area contributed by atoms with Crippen molar-refractivity contribution in [1.82, 2.24) is 5.32 Å². The Labute approximate surface area is 105 Å². The van der Waals surface area contributed by atoms with Crippen molar-refractivity contribution in [3.8, 4) is 0 Å². The van der Waals surface area contributed by atoms with Crippen molar-refractivity contribution in [1.29, 1.82) is 0 Å².